The largest absolute Gasteiger partial charge is 0.346 e. The van der Waals surface area contributed by atoms with E-state index in [1.807, 2.05) is 0 Å². The van der Waals surface area contributed by atoms with Gasteiger partial charge in [-0.15, -0.1) is 0 Å². The molecule has 1 aromatic rings. The minimum atomic E-state index is -3.41. The van der Waals surface area contributed by atoms with Crippen LogP contribution < -0.4 is 15.8 Å². The lowest BCUT2D eigenvalue weighted by molar-refractivity contribution is 0.0118. The van der Waals surface area contributed by atoms with Gasteiger partial charge in [0.15, 0.2) is 0 Å². The van der Waals surface area contributed by atoms with Gasteiger partial charge in [-0.2, -0.15) is 0 Å². The molecule has 0 aromatic heterocycles. The van der Waals surface area contributed by atoms with Gasteiger partial charge >= 0.3 is 0 Å². The Hall–Kier alpha value is -1.74. The Kier molecular flexibility index (Phi) is 6.24. The highest BCUT2D eigenvalue weighted by Gasteiger charge is 2.27. The molecule has 0 saturated heterocycles. The van der Waals surface area contributed by atoms with E-state index in [0.29, 0.717) is 12.1 Å². The average molecular weight is 335 g/mol. The molecule has 4 N–H and O–H groups in total. The highest BCUT2D eigenvalue weighted by atomic mass is 32.2. The minimum absolute atomic E-state index is 0.0105. The topological polar surface area (TPSA) is 101 Å². The third kappa shape index (κ3) is 5.94. The van der Waals surface area contributed by atoms with Gasteiger partial charge in [0.05, 0.1) is 18.8 Å². The van der Waals surface area contributed by atoms with E-state index in [0.717, 1.165) is 0 Å². The van der Waals surface area contributed by atoms with Crippen LogP contribution >= 0.6 is 0 Å². The number of benzene rings is 1. The van der Waals surface area contributed by atoms with Crippen molar-refractivity contribution in [3.63, 3.8) is 0 Å². The number of nitrogens with one attached hydrogen (secondary N) is 2. The van der Waals surface area contributed by atoms with Crippen molar-refractivity contribution in [1.82, 2.24) is 5.32 Å². The lowest BCUT2D eigenvalue weighted by Crippen LogP contribution is -2.41. The molecular weight excluding hydrogens is 316 g/mol. The number of rotatable bonds is 8. The van der Waals surface area contributed by atoms with Crippen molar-refractivity contribution in [2.24, 2.45) is 5.73 Å². The summed E-state index contributed by atoms with van der Waals surface area (Å²) in [6.45, 7) is 0.0302. The van der Waals surface area contributed by atoms with E-state index in [1.165, 1.54) is 24.3 Å². The molecule has 0 heterocycles. The molecule has 0 radical (unpaired) electrons. The summed E-state index contributed by atoms with van der Waals surface area (Å²) < 4.78 is 51.4. The van der Waals surface area contributed by atoms with Crippen molar-refractivity contribution in [1.29, 1.82) is 0 Å². The molecule has 22 heavy (non-hydrogen) atoms. The number of amides is 1. The summed E-state index contributed by atoms with van der Waals surface area (Å²) in [6.07, 6.45) is 0.477. The molecule has 0 bridgehead atoms. The van der Waals surface area contributed by atoms with Gasteiger partial charge in [0, 0.05) is 11.3 Å². The van der Waals surface area contributed by atoms with E-state index in [-0.39, 0.29) is 11.3 Å². The van der Waals surface area contributed by atoms with E-state index < -0.39 is 34.9 Å². The molecule has 1 rings (SSSR count). The molecule has 0 saturated carbocycles. The number of nitrogens with two attached hydrogens (primary N) is 1. The molecule has 0 unspecified atom stereocenters. The van der Waals surface area contributed by atoms with Gasteiger partial charge in [-0.1, -0.05) is 6.92 Å². The molecule has 124 valence electrons. The Morgan fingerprint density at radius 2 is 1.86 bits per heavy atom. The fourth-order valence-electron chi connectivity index (χ4n) is 1.57. The van der Waals surface area contributed by atoms with E-state index in [4.69, 9.17) is 5.73 Å². The molecule has 0 aliphatic rings. The normalized spacial score (nSPS) is 12.0. The fourth-order valence-corrected chi connectivity index (χ4v) is 2.71. The number of hydrogen-bond acceptors (Lipinski definition) is 4. The number of halogens is 2. The second kappa shape index (κ2) is 7.50. The zero-order valence-corrected chi connectivity index (χ0v) is 12.9. The van der Waals surface area contributed by atoms with Crippen molar-refractivity contribution < 1.29 is 22.0 Å². The lowest BCUT2D eigenvalue weighted by atomic mass is 10.2. The second-order valence-corrected chi connectivity index (χ2v) is 6.58. The first kappa shape index (κ1) is 18.3. The van der Waals surface area contributed by atoms with Crippen LogP contribution in [0, 0.1) is 0 Å². The first-order valence-corrected chi connectivity index (χ1v) is 8.31. The first-order chi connectivity index (χ1) is 10.2. The highest BCUT2D eigenvalue weighted by Crippen LogP contribution is 2.13. The molecule has 0 spiro atoms. The Morgan fingerprint density at radius 3 is 2.36 bits per heavy atom. The van der Waals surface area contributed by atoms with E-state index >= 15 is 0 Å². The molecule has 9 heteroatoms. The molecule has 0 aliphatic heterocycles. The van der Waals surface area contributed by atoms with Crippen molar-refractivity contribution in [3.05, 3.63) is 29.8 Å². The van der Waals surface area contributed by atoms with Crippen molar-refractivity contribution in [2.45, 2.75) is 19.3 Å². The molecule has 0 atom stereocenters. The van der Waals surface area contributed by atoms with Gasteiger partial charge < -0.3 is 11.1 Å². The van der Waals surface area contributed by atoms with Gasteiger partial charge in [-0.3, -0.25) is 9.52 Å². The number of carbonyl (C=O) groups excluding carboxylic acids is 1. The number of hydrogen-bond donors (Lipinski definition) is 3. The van der Waals surface area contributed by atoms with Crippen LogP contribution in [-0.4, -0.2) is 39.1 Å². The SMILES string of the molecule is CCCS(=O)(=O)Nc1ccc(C(=O)NCC(F)(F)CN)cc1. The average Bonchev–Trinajstić information content (AvgIpc) is 2.45. The number of alkyl halides is 2. The predicted octanol–water partition coefficient (Wildman–Crippen LogP) is 1.16. The summed E-state index contributed by atoms with van der Waals surface area (Å²) in [5.74, 6) is -3.86. The predicted molar refractivity (Wildman–Crippen MR) is 80.5 cm³/mol. The smallest absolute Gasteiger partial charge is 0.277 e. The summed E-state index contributed by atoms with van der Waals surface area (Å²) >= 11 is 0. The van der Waals surface area contributed by atoms with Crippen LogP contribution in [0.2, 0.25) is 0 Å². The minimum Gasteiger partial charge on any atom is -0.346 e. The van der Waals surface area contributed by atoms with Crippen LogP contribution in [0.1, 0.15) is 23.7 Å². The van der Waals surface area contributed by atoms with Crippen LogP contribution in [0.15, 0.2) is 24.3 Å². The van der Waals surface area contributed by atoms with Gasteiger partial charge in [0.2, 0.25) is 10.0 Å². The van der Waals surface area contributed by atoms with Crippen molar-refractivity contribution in [3.8, 4) is 0 Å². The maximum Gasteiger partial charge on any atom is 0.277 e. The van der Waals surface area contributed by atoms with Crippen LogP contribution in [0.5, 0.6) is 0 Å². The van der Waals surface area contributed by atoms with Gasteiger partial charge in [-0.25, -0.2) is 17.2 Å². The number of anilines is 1. The summed E-state index contributed by atoms with van der Waals surface area (Å²) in [6, 6.07) is 5.48. The molecular formula is C13H19F2N3O3S. The van der Waals surface area contributed by atoms with Crippen LogP contribution in [-0.2, 0) is 10.0 Å². The Bertz CT molecular complexity index is 603. The Labute approximate surface area is 128 Å². The van der Waals surface area contributed by atoms with Crippen LogP contribution in [0.25, 0.3) is 0 Å². The molecule has 0 aliphatic carbocycles. The van der Waals surface area contributed by atoms with E-state index in [9.17, 15) is 22.0 Å². The van der Waals surface area contributed by atoms with Crippen LogP contribution in [0.3, 0.4) is 0 Å². The second-order valence-electron chi connectivity index (χ2n) is 4.74. The summed E-state index contributed by atoms with van der Waals surface area (Å²) in [4.78, 5) is 11.7. The van der Waals surface area contributed by atoms with Gasteiger partial charge in [0.1, 0.15) is 0 Å². The Morgan fingerprint density at radius 1 is 1.27 bits per heavy atom. The lowest BCUT2D eigenvalue weighted by Gasteiger charge is -2.14. The molecule has 0 fully saturated rings. The molecule has 1 amide bonds. The van der Waals surface area contributed by atoms with Crippen molar-refractivity contribution >= 4 is 21.6 Å². The van der Waals surface area contributed by atoms with Crippen molar-refractivity contribution in [2.75, 3.05) is 23.6 Å². The maximum atomic E-state index is 12.9. The third-order valence-electron chi connectivity index (χ3n) is 2.70. The number of sulfonamides is 1. The zero-order chi connectivity index (χ0) is 16.8. The standard InChI is InChI=1S/C13H19F2N3O3S/c1-2-7-22(20,21)18-11-5-3-10(4-6-11)12(19)17-9-13(14,15)8-16/h3-6,18H,2,7-9,16H2,1H3,(H,17,19). The monoisotopic (exact) mass is 335 g/mol. The quantitative estimate of drug-likeness (QED) is 0.663. The Balaban J connectivity index is 2.67. The van der Waals surface area contributed by atoms with E-state index in [2.05, 4.69) is 10.0 Å². The maximum absolute atomic E-state index is 12.9. The highest BCUT2D eigenvalue weighted by molar-refractivity contribution is 7.92. The van der Waals surface area contributed by atoms with Gasteiger partial charge in [-0.05, 0) is 30.7 Å². The van der Waals surface area contributed by atoms with Gasteiger partial charge in [0.25, 0.3) is 11.8 Å². The molecule has 6 nitrogen and oxygen atoms in total. The summed E-state index contributed by atoms with van der Waals surface area (Å²) in [5.41, 5.74) is 5.32. The first-order valence-electron chi connectivity index (χ1n) is 6.66. The fraction of sp³-hybridized carbons (Fsp3) is 0.462. The molecule has 1 aromatic carbocycles. The summed E-state index contributed by atoms with van der Waals surface area (Å²) in [5, 5.41) is 2.07. The summed E-state index contributed by atoms with van der Waals surface area (Å²) in [7, 11) is -3.41. The zero-order valence-electron chi connectivity index (χ0n) is 12.1. The third-order valence-corrected chi connectivity index (χ3v) is 4.19. The van der Waals surface area contributed by atoms with Crippen LogP contribution in [0.4, 0.5) is 14.5 Å². The van der Waals surface area contributed by atoms with E-state index in [1.54, 1.807) is 6.92 Å². The number of carbonyl (C=O) groups is 1.